The van der Waals surface area contributed by atoms with Crippen molar-refractivity contribution in [2.24, 2.45) is 0 Å². The van der Waals surface area contributed by atoms with Crippen molar-refractivity contribution < 1.29 is 4.79 Å². The Balaban J connectivity index is 1.69. The van der Waals surface area contributed by atoms with E-state index in [1.165, 1.54) is 0 Å². The van der Waals surface area contributed by atoms with E-state index in [-0.39, 0.29) is 11.9 Å². The molecule has 0 spiro atoms. The molecule has 1 aliphatic heterocycles. The number of rotatable bonds is 4. The zero-order valence-electron chi connectivity index (χ0n) is 12.8. The third-order valence-electron chi connectivity index (χ3n) is 4.01. The summed E-state index contributed by atoms with van der Waals surface area (Å²) in [5, 5.41) is 7.24. The summed E-state index contributed by atoms with van der Waals surface area (Å²) in [7, 11) is 0. The molecule has 0 saturated carbocycles. The number of nitrogens with one attached hydrogen (secondary N) is 2. The van der Waals surface area contributed by atoms with Crippen LogP contribution in [0.1, 0.15) is 11.6 Å². The number of amides is 1. The highest BCUT2D eigenvalue weighted by molar-refractivity contribution is 6.30. The summed E-state index contributed by atoms with van der Waals surface area (Å²) >= 11 is 6.10. The van der Waals surface area contributed by atoms with Crippen molar-refractivity contribution in [3.8, 4) is 0 Å². The summed E-state index contributed by atoms with van der Waals surface area (Å²) in [6, 6.07) is 17.5. The molecule has 0 radical (unpaired) electrons. The van der Waals surface area contributed by atoms with E-state index in [0.29, 0.717) is 18.1 Å². The van der Waals surface area contributed by atoms with Crippen molar-refractivity contribution in [2.45, 2.75) is 6.04 Å². The number of halogens is 1. The van der Waals surface area contributed by atoms with E-state index >= 15 is 0 Å². The van der Waals surface area contributed by atoms with Gasteiger partial charge in [-0.2, -0.15) is 0 Å². The highest BCUT2D eigenvalue weighted by Gasteiger charge is 2.27. The highest BCUT2D eigenvalue weighted by atomic mass is 35.5. The molecule has 23 heavy (non-hydrogen) atoms. The van der Waals surface area contributed by atoms with Crippen LogP contribution in [0.2, 0.25) is 5.02 Å². The second kappa shape index (κ2) is 7.49. The molecule has 1 aliphatic rings. The lowest BCUT2D eigenvalue weighted by Crippen LogP contribution is -2.50. The molecule has 0 bridgehead atoms. The van der Waals surface area contributed by atoms with E-state index in [0.717, 1.165) is 24.3 Å². The maximum atomic E-state index is 12.6. The van der Waals surface area contributed by atoms with Gasteiger partial charge in [0.1, 0.15) is 0 Å². The molecule has 0 aromatic heterocycles. The van der Waals surface area contributed by atoms with Crippen LogP contribution in [0.4, 0.5) is 5.69 Å². The molecule has 1 amide bonds. The topological polar surface area (TPSA) is 44.4 Å². The minimum absolute atomic E-state index is 0.0209. The first-order valence-electron chi connectivity index (χ1n) is 7.78. The van der Waals surface area contributed by atoms with Crippen LogP contribution in [-0.4, -0.2) is 37.0 Å². The molecule has 1 unspecified atom stereocenters. The van der Waals surface area contributed by atoms with Gasteiger partial charge in [-0.1, -0.05) is 41.9 Å². The molecule has 2 aromatic rings. The van der Waals surface area contributed by atoms with Crippen molar-refractivity contribution in [3.63, 3.8) is 0 Å². The Labute approximate surface area is 141 Å². The molecule has 1 heterocycles. The fraction of sp³-hybridized carbons (Fsp3) is 0.278. The maximum absolute atomic E-state index is 12.6. The monoisotopic (exact) mass is 329 g/mol. The standard InChI is InChI=1S/C18H20ClN3O/c19-15-6-4-5-14(11-15)17-12-20-9-10-22(17)18(23)13-21-16-7-2-1-3-8-16/h1-8,11,17,20-21H,9-10,12-13H2. The van der Waals surface area contributed by atoms with E-state index in [2.05, 4.69) is 10.6 Å². The van der Waals surface area contributed by atoms with Crippen LogP contribution >= 0.6 is 11.6 Å². The number of benzene rings is 2. The Morgan fingerprint density at radius 1 is 1.22 bits per heavy atom. The number of para-hydroxylation sites is 1. The Morgan fingerprint density at radius 3 is 2.83 bits per heavy atom. The fourth-order valence-corrected chi connectivity index (χ4v) is 3.05. The summed E-state index contributed by atoms with van der Waals surface area (Å²) < 4.78 is 0. The largest absolute Gasteiger partial charge is 0.376 e. The Hall–Kier alpha value is -2.04. The van der Waals surface area contributed by atoms with Crippen molar-refractivity contribution in [1.29, 1.82) is 0 Å². The van der Waals surface area contributed by atoms with E-state index in [4.69, 9.17) is 11.6 Å². The van der Waals surface area contributed by atoms with E-state index in [9.17, 15) is 4.79 Å². The summed E-state index contributed by atoms with van der Waals surface area (Å²) in [5.41, 5.74) is 2.02. The maximum Gasteiger partial charge on any atom is 0.242 e. The fourth-order valence-electron chi connectivity index (χ4n) is 2.85. The smallest absolute Gasteiger partial charge is 0.242 e. The molecule has 120 valence electrons. The molecule has 1 fully saturated rings. The number of carbonyl (C=O) groups excluding carboxylic acids is 1. The molecule has 2 N–H and O–H groups in total. The lowest BCUT2D eigenvalue weighted by molar-refractivity contribution is -0.132. The zero-order valence-corrected chi connectivity index (χ0v) is 13.6. The molecule has 3 rings (SSSR count). The Morgan fingerprint density at radius 2 is 2.04 bits per heavy atom. The minimum Gasteiger partial charge on any atom is -0.376 e. The van der Waals surface area contributed by atoms with Crippen molar-refractivity contribution >= 4 is 23.2 Å². The molecule has 4 nitrogen and oxygen atoms in total. The predicted molar refractivity (Wildman–Crippen MR) is 93.7 cm³/mol. The number of piperazine rings is 1. The minimum atomic E-state index is 0.0209. The quantitative estimate of drug-likeness (QED) is 0.906. The number of nitrogens with zero attached hydrogens (tertiary/aromatic N) is 1. The van der Waals surface area contributed by atoms with Crippen LogP contribution < -0.4 is 10.6 Å². The normalized spacial score (nSPS) is 17.8. The SMILES string of the molecule is O=C(CNc1ccccc1)N1CCNCC1c1cccc(Cl)c1. The molecule has 2 aromatic carbocycles. The van der Waals surface area contributed by atoms with Gasteiger partial charge in [0.2, 0.25) is 5.91 Å². The summed E-state index contributed by atoms with van der Waals surface area (Å²) in [4.78, 5) is 14.6. The van der Waals surface area contributed by atoms with Gasteiger partial charge in [0.25, 0.3) is 0 Å². The van der Waals surface area contributed by atoms with Crippen LogP contribution in [0.3, 0.4) is 0 Å². The van der Waals surface area contributed by atoms with Crippen LogP contribution in [0.15, 0.2) is 54.6 Å². The first-order chi connectivity index (χ1) is 11.2. The highest BCUT2D eigenvalue weighted by Crippen LogP contribution is 2.24. The molecular formula is C18H20ClN3O. The second-order valence-corrected chi connectivity index (χ2v) is 6.02. The zero-order chi connectivity index (χ0) is 16.1. The Bertz CT molecular complexity index is 662. The van der Waals surface area contributed by atoms with E-state index in [1.807, 2.05) is 59.5 Å². The van der Waals surface area contributed by atoms with Gasteiger partial charge in [0, 0.05) is 30.3 Å². The molecular weight excluding hydrogens is 310 g/mol. The summed E-state index contributed by atoms with van der Waals surface area (Å²) in [6.07, 6.45) is 0. The van der Waals surface area contributed by atoms with Gasteiger partial charge in [0.15, 0.2) is 0 Å². The molecule has 5 heteroatoms. The lowest BCUT2D eigenvalue weighted by Gasteiger charge is -2.36. The predicted octanol–water partition coefficient (Wildman–Crippen LogP) is 2.93. The summed E-state index contributed by atoms with van der Waals surface area (Å²) in [5.74, 6) is 0.0975. The van der Waals surface area contributed by atoms with Crippen molar-refractivity contribution in [1.82, 2.24) is 10.2 Å². The van der Waals surface area contributed by atoms with E-state index in [1.54, 1.807) is 0 Å². The number of anilines is 1. The van der Waals surface area contributed by atoms with Gasteiger partial charge in [0.05, 0.1) is 12.6 Å². The first kappa shape index (κ1) is 15.8. The average Bonchev–Trinajstić information content (AvgIpc) is 2.60. The van der Waals surface area contributed by atoms with Crippen LogP contribution in [0.25, 0.3) is 0 Å². The third kappa shape index (κ3) is 4.03. The van der Waals surface area contributed by atoms with Crippen molar-refractivity contribution in [2.75, 3.05) is 31.5 Å². The third-order valence-corrected chi connectivity index (χ3v) is 4.25. The number of hydrogen-bond donors (Lipinski definition) is 2. The van der Waals surface area contributed by atoms with Gasteiger partial charge in [-0.05, 0) is 29.8 Å². The van der Waals surface area contributed by atoms with Gasteiger partial charge >= 0.3 is 0 Å². The van der Waals surface area contributed by atoms with Crippen molar-refractivity contribution in [3.05, 3.63) is 65.2 Å². The number of hydrogen-bond acceptors (Lipinski definition) is 3. The van der Waals surface area contributed by atoms with Gasteiger partial charge < -0.3 is 15.5 Å². The second-order valence-electron chi connectivity index (χ2n) is 5.58. The van der Waals surface area contributed by atoms with Gasteiger partial charge in [-0.25, -0.2) is 0 Å². The van der Waals surface area contributed by atoms with Gasteiger partial charge in [-0.3, -0.25) is 4.79 Å². The van der Waals surface area contributed by atoms with E-state index < -0.39 is 0 Å². The van der Waals surface area contributed by atoms with Crippen LogP contribution in [0, 0.1) is 0 Å². The number of carbonyl (C=O) groups is 1. The van der Waals surface area contributed by atoms with Crippen LogP contribution in [0.5, 0.6) is 0 Å². The molecule has 1 atom stereocenters. The molecule has 1 saturated heterocycles. The van der Waals surface area contributed by atoms with Crippen LogP contribution in [-0.2, 0) is 4.79 Å². The Kier molecular flexibility index (Phi) is 5.16. The lowest BCUT2D eigenvalue weighted by atomic mass is 10.0. The van der Waals surface area contributed by atoms with Gasteiger partial charge in [-0.15, -0.1) is 0 Å². The average molecular weight is 330 g/mol. The first-order valence-corrected chi connectivity index (χ1v) is 8.16. The molecule has 0 aliphatic carbocycles. The summed E-state index contributed by atoms with van der Waals surface area (Å²) in [6.45, 7) is 2.55.